The standard InChI is InChI=1S/C15H27N3O6/c1-7(2)14(17,12(21)22)10(19)6-5-9(16)11(20)15(18,8(3)4)13(23)24/h7-9H,5-6,16-18H2,1-4H3,(H,21,22)(H,23,24)/t9?,14-,15-/m1/s1. The molecule has 0 aliphatic heterocycles. The van der Waals surface area contributed by atoms with Gasteiger partial charge in [0, 0.05) is 6.42 Å². The van der Waals surface area contributed by atoms with E-state index in [2.05, 4.69) is 0 Å². The number of nitrogens with two attached hydrogens (primary N) is 3. The molecule has 0 aliphatic rings. The van der Waals surface area contributed by atoms with Crippen LogP contribution >= 0.6 is 0 Å². The van der Waals surface area contributed by atoms with Crippen molar-refractivity contribution in [2.24, 2.45) is 29.0 Å². The first-order chi connectivity index (χ1) is 10.7. The summed E-state index contributed by atoms with van der Waals surface area (Å²) in [6.45, 7) is 5.92. The summed E-state index contributed by atoms with van der Waals surface area (Å²) in [4.78, 5) is 47.1. The summed E-state index contributed by atoms with van der Waals surface area (Å²) >= 11 is 0. The van der Waals surface area contributed by atoms with Gasteiger partial charge in [-0.1, -0.05) is 27.7 Å². The van der Waals surface area contributed by atoms with Gasteiger partial charge in [-0.05, 0) is 18.3 Å². The van der Waals surface area contributed by atoms with Crippen LogP contribution in [-0.4, -0.2) is 50.8 Å². The van der Waals surface area contributed by atoms with E-state index in [1.165, 1.54) is 27.7 Å². The summed E-state index contributed by atoms with van der Waals surface area (Å²) in [6, 6.07) is -1.32. The minimum atomic E-state index is -2.17. The molecule has 8 N–H and O–H groups in total. The Balaban J connectivity index is 5.18. The second-order valence-electron chi connectivity index (χ2n) is 6.59. The second-order valence-corrected chi connectivity index (χ2v) is 6.59. The number of carbonyl (C=O) groups excluding carboxylic acids is 2. The Kier molecular flexibility index (Phi) is 7.22. The van der Waals surface area contributed by atoms with Gasteiger partial charge in [0.25, 0.3) is 0 Å². The van der Waals surface area contributed by atoms with Crippen LogP contribution in [-0.2, 0) is 19.2 Å². The van der Waals surface area contributed by atoms with Gasteiger partial charge < -0.3 is 27.4 Å². The van der Waals surface area contributed by atoms with Crippen LogP contribution in [0.1, 0.15) is 40.5 Å². The van der Waals surface area contributed by atoms with Crippen LogP contribution in [0.25, 0.3) is 0 Å². The zero-order chi connectivity index (χ0) is 19.5. The molecule has 0 spiro atoms. The fourth-order valence-electron chi connectivity index (χ4n) is 2.26. The van der Waals surface area contributed by atoms with Gasteiger partial charge >= 0.3 is 11.9 Å². The van der Waals surface area contributed by atoms with E-state index >= 15 is 0 Å². The van der Waals surface area contributed by atoms with Gasteiger partial charge in [0.1, 0.15) is 0 Å². The van der Waals surface area contributed by atoms with E-state index in [9.17, 15) is 29.4 Å². The first-order valence-electron chi connectivity index (χ1n) is 7.61. The van der Waals surface area contributed by atoms with E-state index in [0.29, 0.717) is 0 Å². The van der Waals surface area contributed by atoms with E-state index in [1.807, 2.05) is 0 Å². The number of hydrogen-bond acceptors (Lipinski definition) is 7. The van der Waals surface area contributed by atoms with Crippen LogP contribution in [0.2, 0.25) is 0 Å². The lowest BCUT2D eigenvalue weighted by atomic mass is 9.78. The van der Waals surface area contributed by atoms with Crippen molar-refractivity contribution in [1.82, 2.24) is 0 Å². The Bertz CT molecular complexity index is 533. The molecule has 0 heterocycles. The largest absolute Gasteiger partial charge is 0.480 e. The van der Waals surface area contributed by atoms with Gasteiger partial charge in [-0.3, -0.25) is 9.59 Å². The summed E-state index contributed by atoms with van der Waals surface area (Å²) in [5.41, 5.74) is 12.8. The molecule has 0 bridgehead atoms. The molecule has 9 nitrogen and oxygen atoms in total. The summed E-state index contributed by atoms with van der Waals surface area (Å²) in [7, 11) is 0. The van der Waals surface area contributed by atoms with Crippen molar-refractivity contribution < 1.29 is 29.4 Å². The predicted octanol–water partition coefficient (Wildman–Crippen LogP) is -0.892. The maximum Gasteiger partial charge on any atom is 0.331 e. The molecule has 1 unspecified atom stereocenters. The summed E-state index contributed by atoms with van der Waals surface area (Å²) in [6.07, 6.45) is -0.614. The average molecular weight is 345 g/mol. The third-order valence-corrected chi connectivity index (χ3v) is 4.42. The van der Waals surface area contributed by atoms with Crippen molar-refractivity contribution in [3.63, 3.8) is 0 Å². The number of carboxylic acids is 2. The molecule has 0 aromatic heterocycles. The Morgan fingerprint density at radius 1 is 0.875 bits per heavy atom. The van der Waals surface area contributed by atoms with Crippen molar-refractivity contribution >= 4 is 23.5 Å². The van der Waals surface area contributed by atoms with Gasteiger partial charge in [0.05, 0.1) is 6.04 Å². The molecule has 0 amide bonds. The third kappa shape index (κ3) is 3.97. The van der Waals surface area contributed by atoms with Gasteiger partial charge in [-0.25, -0.2) is 9.59 Å². The number of carboxylic acid groups (broad SMARTS) is 2. The van der Waals surface area contributed by atoms with E-state index in [-0.39, 0.29) is 12.8 Å². The van der Waals surface area contributed by atoms with Crippen molar-refractivity contribution in [2.75, 3.05) is 0 Å². The predicted molar refractivity (Wildman–Crippen MR) is 86.0 cm³/mol. The Morgan fingerprint density at radius 2 is 1.25 bits per heavy atom. The highest BCUT2D eigenvalue weighted by molar-refractivity contribution is 6.11. The molecular formula is C15H27N3O6. The summed E-state index contributed by atoms with van der Waals surface area (Å²) in [5.74, 6) is -6.06. The van der Waals surface area contributed by atoms with Gasteiger partial charge in [0.15, 0.2) is 22.6 Å². The number of rotatable bonds is 10. The molecule has 0 aromatic rings. The van der Waals surface area contributed by atoms with Gasteiger partial charge in [-0.2, -0.15) is 0 Å². The zero-order valence-corrected chi connectivity index (χ0v) is 14.4. The summed E-state index contributed by atoms with van der Waals surface area (Å²) < 4.78 is 0. The van der Waals surface area contributed by atoms with E-state index in [4.69, 9.17) is 17.2 Å². The number of hydrogen-bond donors (Lipinski definition) is 5. The fourth-order valence-corrected chi connectivity index (χ4v) is 2.26. The molecule has 0 saturated heterocycles. The number of carbonyl (C=O) groups is 4. The highest BCUT2D eigenvalue weighted by Gasteiger charge is 2.48. The van der Waals surface area contributed by atoms with Gasteiger partial charge in [0.2, 0.25) is 0 Å². The van der Waals surface area contributed by atoms with E-state index < -0.39 is 52.5 Å². The maximum absolute atomic E-state index is 12.3. The minimum absolute atomic E-state index is 0.241. The monoisotopic (exact) mass is 345 g/mol. The van der Waals surface area contributed by atoms with Crippen LogP contribution in [0, 0.1) is 11.8 Å². The lowest BCUT2D eigenvalue weighted by Gasteiger charge is -2.30. The molecule has 0 saturated carbocycles. The quantitative estimate of drug-likeness (QED) is 0.313. The average Bonchev–Trinajstić information content (AvgIpc) is 2.48. The molecule has 0 aromatic carbocycles. The molecule has 0 rings (SSSR count). The Labute approximate surface area is 140 Å². The molecule has 0 fully saturated rings. The molecule has 3 atom stereocenters. The van der Waals surface area contributed by atoms with E-state index in [0.717, 1.165) is 0 Å². The van der Waals surface area contributed by atoms with Gasteiger partial charge in [-0.15, -0.1) is 0 Å². The lowest BCUT2D eigenvalue weighted by Crippen LogP contribution is -2.63. The van der Waals surface area contributed by atoms with Crippen molar-refractivity contribution in [3.05, 3.63) is 0 Å². The van der Waals surface area contributed by atoms with Crippen LogP contribution in [0.5, 0.6) is 0 Å². The lowest BCUT2D eigenvalue weighted by molar-refractivity contribution is -0.151. The number of Topliss-reactive ketones (excluding diaryl/α,β-unsaturated/α-hetero) is 2. The zero-order valence-electron chi connectivity index (χ0n) is 14.4. The van der Waals surface area contributed by atoms with Crippen LogP contribution in [0.3, 0.4) is 0 Å². The fraction of sp³-hybridized carbons (Fsp3) is 0.733. The molecule has 24 heavy (non-hydrogen) atoms. The maximum atomic E-state index is 12.3. The SMILES string of the molecule is CC(C)[C@](N)(C(=O)O)C(=O)CCC(N)C(=O)[C@@](N)(C(=O)O)C(C)C. The van der Waals surface area contributed by atoms with Crippen LogP contribution in [0.15, 0.2) is 0 Å². The van der Waals surface area contributed by atoms with Crippen molar-refractivity contribution in [1.29, 1.82) is 0 Å². The Morgan fingerprint density at radius 3 is 1.54 bits per heavy atom. The van der Waals surface area contributed by atoms with Crippen LogP contribution in [0.4, 0.5) is 0 Å². The molecule has 138 valence electrons. The number of ketones is 2. The van der Waals surface area contributed by atoms with E-state index in [1.54, 1.807) is 0 Å². The second kappa shape index (κ2) is 7.82. The Hall–Kier alpha value is -1.84. The first-order valence-corrected chi connectivity index (χ1v) is 7.61. The minimum Gasteiger partial charge on any atom is -0.480 e. The normalized spacial score (nSPS) is 17.9. The molecule has 9 heteroatoms. The molecular weight excluding hydrogens is 318 g/mol. The summed E-state index contributed by atoms with van der Waals surface area (Å²) in [5, 5.41) is 18.4. The van der Waals surface area contributed by atoms with Crippen molar-refractivity contribution in [2.45, 2.75) is 57.7 Å². The first kappa shape index (κ1) is 22.2. The van der Waals surface area contributed by atoms with Crippen molar-refractivity contribution in [3.8, 4) is 0 Å². The highest BCUT2D eigenvalue weighted by atomic mass is 16.4. The molecule has 0 radical (unpaired) electrons. The third-order valence-electron chi connectivity index (χ3n) is 4.42. The topological polar surface area (TPSA) is 187 Å². The smallest absolute Gasteiger partial charge is 0.331 e. The number of aliphatic carboxylic acids is 2. The van der Waals surface area contributed by atoms with Crippen LogP contribution < -0.4 is 17.2 Å². The highest BCUT2D eigenvalue weighted by Crippen LogP contribution is 2.21. The molecule has 0 aliphatic carbocycles.